The molecule has 4 aromatic rings. The molecule has 0 amide bonds. The van der Waals surface area contributed by atoms with E-state index in [4.69, 9.17) is 9.47 Å². The van der Waals surface area contributed by atoms with Crippen molar-refractivity contribution in [3.8, 4) is 16.9 Å². The normalized spacial score (nSPS) is 15.6. The minimum Gasteiger partial charge on any atom is -0.489 e. The summed E-state index contributed by atoms with van der Waals surface area (Å²) < 4.78 is 45.7. The van der Waals surface area contributed by atoms with Crippen LogP contribution in [0.5, 0.6) is 5.75 Å². The van der Waals surface area contributed by atoms with Crippen LogP contribution >= 0.6 is 0 Å². The summed E-state index contributed by atoms with van der Waals surface area (Å²) in [7, 11) is 3.59. The zero-order valence-electron chi connectivity index (χ0n) is 22.7. The van der Waals surface area contributed by atoms with E-state index in [0.29, 0.717) is 47.3 Å². The van der Waals surface area contributed by atoms with Gasteiger partial charge in [-0.3, -0.25) is 13.9 Å². The van der Waals surface area contributed by atoms with Gasteiger partial charge in [-0.05, 0) is 50.6 Å². The van der Waals surface area contributed by atoms with Gasteiger partial charge >= 0.3 is 0 Å². The molecule has 3 aromatic heterocycles. The molecule has 210 valence electrons. The van der Waals surface area contributed by atoms with E-state index in [1.54, 1.807) is 17.9 Å². The second-order valence-electron chi connectivity index (χ2n) is 10.6. The lowest BCUT2D eigenvalue weighted by atomic mass is 9.95. The van der Waals surface area contributed by atoms with Crippen LogP contribution in [0.1, 0.15) is 51.5 Å². The molecule has 9 nitrogen and oxygen atoms in total. The van der Waals surface area contributed by atoms with Crippen LogP contribution in [0.15, 0.2) is 24.4 Å². The SMILES string of the molecule is CNCc1cnc2ccc3c(n12)COCc1cc(F)c(F)c(OCCc2c(C(=O)C4(CO)CC4)nn(C)c2C)c1-3. The first kappa shape index (κ1) is 26.5. The van der Waals surface area contributed by atoms with Gasteiger partial charge in [0, 0.05) is 42.4 Å². The molecule has 0 atom stereocenters. The number of benzene rings is 1. The molecule has 6 rings (SSSR count). The number of halogens is 2. The molecule has 0 saturated heterocycles. The number of ketones is 1. The predicted octanol–water partition coefficient (Wildman–Crippen LogP) is 3.65. The Labute approximate surface area is 229 Å². The summed E-state index contributed by atoms with van der Waals surface area (Å²) in [6.07, 6.45) is 3.27. The van der Waals surface area contributed by atoms with Gasteiger partial charge < -0.3 is 19.9 Å². The molecular weight excluding hydrogens is 520 g/mol. The monoisotopic (exact) mass is 551 g/mol. The molecule has 11 heteroatoms. The standard InChI is InChI=1S/C29H31F2N5O4/c1-16-19(26(34-35(16)3)28(38)29(15-37)7-8-29)6-9-40-27-24-17(10-21(30)25(27)31)13-39-14-22-20(24)4-5-23-33-12-18(11-32-2)36(22)23/h4-5,10,12,32,37H,6-9,11,13-15H2,1-3H3. The average Bonchev–Trinajstić information content (AvgIpc) is 3.62. The van der Waals surface area contributed by atoms with Crippen LogP contribution < -0.4 is 10.1 Å². The molecule has 0 radical (unpaired) electrons. The Morgan fingerprint density at radius 2 is 2.08 bits per heavy atom. The highest BCUT2D eigenvalue weighted by Crippen LogP contribution is 2.48. The number of carbonyl (C=O) groups excluding carboxylic acids is 1. The third kappa shape index (κ3) is 4.20. The van der Waals surface area contributed by atoms with Crippen LogP contribution in [0.4, 0.5) is 8.78 Å². The molecule has 0 spiro atoms. The number of carbonyl (C=O) groups is 1. The number of hydrogen-bond acceptors (Lipinski definition) is 7. The maximum Gasteiger partial charge on any atom is 0.201 e. The van der Waals surface area contributed by atoms with Gasteiger partial charge in [0.05, 0.1) is 49.4 Å². The number of Topliss-reactive ketones (excluding diaryl/α,β-unsaturated/α-hetero) is 1. The Hall–Kier alpha value is -3.67. The molecular formula is C29H31F2N5O4. The number of imidazole rings is 1. The minimum absolute atomic E-state index is 0.0136. The number of aliphatic hydroxyl groups excluding tert-OH is 1. The van der Waals surface area contributed by atoms with Crippen LogP contribution in [-0.4, -0.2) is 50.3 Å². The Balaban J connectivity index is 1.38. The molecule has 4 heterocycles. The molecule has 1 saturated carbocycles. The van der Waals surface area contributed by atoms with Crippen molar-refractivity contribution in [3.63, 3.8) is 0 Å². The fourth-order valence-electron chi connectivity index (χ4n) is 5.59. The van der Waals surface area contributed by atoms with Crippen LogP contribution in [0, 0.1) is 24.0 Å². The van der Waals surface area contributed by atoms with Gasteiger partial charge in [-0.2, -0.15) is 9.49 Å². The van der Waals surface area contributed by atoms with Crippen molar-refractivity contribution in [2.24, 2.45) is 12.5 Å². The minimum atomic E-state index is -1.08. The Kier molecular flexibility index (Phi) is 6.68. The van der Waals surface area contributed by atoms with Crippen molar-refractivity contribution < 1.29 is 28.2 Å². The first-order valence-electron chi connectivity index (χ1n) is 13.3. The number of fused-ring (bicyclic) bond motifs is 5. The zero-order chi connectivity index (χ0) is 28.2. The van der Waals surface area contributed by atoms with Crippen LogP contribution in [0.2, 0.25) is 0 Å². The Morgan fingerprint density at radius 1 is 1.27 bits per heavy atom. The van der Waals surface area contributed by atoms with E-state index < -0.39 is 17.0 Å². The van der Waals surface area contributed by atoms with Crippen molar-refractivity contribution in [1.82, 2.24) is 24.5 Å². The molecule has 0 unspecified atom stereocenters. The Bertz CT molecular complexity index is 1640. The number of aliphatic hydroxyl groups is 1. The van der Waals surface area contributed by atoms with Gasteiger partial charge in [-0.25, -0.2) is 9.37 Å². The lowest BCUT2D eigenvalue weighted by Gasteiger charge is -2.18. The number of pyridine rings is 1. The lowest BCUT2D eigenvalue weighted by molar-refractivity contribution is 0.0822. The number of ether oxygens (including phenoxy) is 2. The van der Waals surface area contributed by atoms with E-state index in [-0.39, 0.29) is 44.4 Å². The highest BCUT2D eigenvalue weighted by atomic mass is 19.2. The van der Waals surface area contributed by atoms with Crippen LogP contribution in [0.25, 0.3) is 16.8 Å². The van der Waals surface area contributed by atoms with Gasteiger partial charge in [0.1, 0.15) is 11.3 Å². The van der Waals surface area contributed by atoms with E-state index in [2.05, 4.69) is 15.4 Å². The predicted molar refractivity (Wildman–Crippen MR) is 142 cm³/mol. The van der Waals surface area contributed by atoms with Gasteiger partial charge in [-0.1, -0.05) is 0 Å². The summed E-state index contributed by atoms with van der Waals surface area (Å²) >= 11 is 0. The maximum absolute atomic E-state index is 15.4. The smallest absolute Gasteiger partial charge is 0.201 e. The maximum atomic E-state index is 15.4. The molecule has 1 fully saturated rings. The molecule has 1 aliphatic carbocycles. The molecule has 0 bridgehead atoms. The molecule has 40 heavy (non-hydrogen) atoms. The van der Waals surface area contributed by atoms with Crippen molar-refractivity contribution in [2.75, 3.05) is 20.3 Å². The van der Waals surface area contributed by atoms with E-state index in [1.165, 1.54) is 0 Å². The van der Waals surface area contributed by atoms with E-state index >= 15 is 4.39 Å². The van der Waals surface area contributed by atoms with Crippen molar-refractivity contribution in [3.05, 3.63) is 69.9 Å². The van der Waals surface area contributed by atoms with Gasteiger partial charge in [0.25, 0.3) is 0 Å². The summed E-state index contributed by atoms with van der Waals surface area (Å²) in [5.41, 5.74) is 4.98. The second-order valence-corrected chi connectivity index (χ2v) is 10.6. The van der Waals surface area contributed by atoms with Crippen LogP contribution in [0.3, 0.4) is 0 Å². The lowest BCUT2D eigenvalue weighted by Crippen LogP contribution is -2.22. The number of nitrogens with zero attached hydrogens (tertiary/aromatic N) is 4. The summed E-state index contributed by atoms with van der Waals surface area (Å²) in [5.74, 6) is -2.48. The topological polar surface area (TPSA) is 103 Å². The Morgan fingerprint density at radius 3 is 2.80 bits per heavy atom. The number of nitrogens with one attached hydrogen (secondary N) is 1. The molecule has 1 aliphatic heterocycles. The van der Waals surface area contributed by atoms with E-state index in [9.17, 15) is 14.3 Å². The largest absolute Gasteiger partial charge is 0.489 e. The first-order valence-corrected chi connectivity index (χ1v) is 13.3. The van der Waals surface area contributed by atoms with E-state index in [0.717, 1.165) is 28.8 Å². The quantitative estimate of drug-likeness (QED) is 0.306. The number of aryl methyl sites for hydroxylation is 1. The molecule has 2 N–H and O–H groups in total. The molecule has 1 aromatic carbocycles. The number of aromatic nitrogens is 4. The van der Waals surface area contributed by atoms with E-state index in [1.807, 2.05) is 30.5 Å². The van der Waals surface area contributed by atoms with Crippen molar-refractivity contribution in [2.45, 2.75) is 45.9 Å². The highest BCUT2D eigenvalue weighted by molar-refractivity contribution is 6.02. The average molecular weight is 552 g/mol. The summed E-state index contributed by atoms with van der Waals surface area (Å²) in [6, 6.07) is 4.83. The van der Waals surface area contributed by atoms with Gasteiger partial charge in [0.2, 0.25) is 5.82 Å². The van der Waals surface area contributed by atoms with Gasteiger partial charge in [0.15, 0.2) is 17.3 Å². The van der Waals surface area contributed by atoms with Crippen molar-refractivity contribution >= 4 is 11.4 Å². The fourth-order valence-corrected chi connectivity index (χ4v) is 5.59. The third-order valence-electron chi connectivity index (χ3n) is 8.13. The van der Waals surface area contributed by atoms with Crippen molar-refractivity contribution in [1.29, 1.82) is 0 Å². The number of hydrogen-bond donors (Lipinski definition) is 2. The second kappa shape index (κ2) is 10.1. The van der Waals surface area contributed by atoms with Gasteiger partial charge in [-0.15, -0.1) is 0 Å². The number of rotatable bonds is 9. The summed E-state index contributed by atoms with van der Waals surface area (Å²) in [4.78, 5) is 17.7. The summed E-state index contributed by atoms with van der Waals surface area (Å²) in [6.45, 7) is 2.48. The zero-order valence-corrected chi connectivity index (χ0v) is 22.7. The highest BCUT2D eigenvalue weighted by Gasteiger charge is 2.51. The fraction of sp³-hybridized carbons (Fsp3) is 0.414. The third-order valence-corrected chi connectivity index (χ3v) is 8.13. The first-order chi connectivity index (χ1) is 19.3. The molecule has 2 aliphatic rings. The van der Waals surface area contributed by atoms with Crippen LogP contribution in [-0.2, 0) is 38.0 Å². The summed E-state index contributed by atoms with van der Waals surface area (Å²) in [5, 5.41) is 17.3.